The van der Waals surface area contributed by atoms with Crippen LogP contribution in [0, 0.1) is 12.7 Å². The number of rotatable bonds is 3. The van der Waals surface area contributed by atoms with Crippen molar-refractivity contribution in [3.63, 3.8) is 0 Å². The van der Waals surface area contributed by atoms with Crippen LogP contribution in [0.25, 0.3) is 0 Å². The van der Waals surface area contributed by atoms with E-state index in [0.29, 0.717) is 5.11 Å². The Kier molecular flexibility index (Phi) is 5.89. The molecule has 25 heavy (non-hydrogen) atoms. The molecule has 2 aromatic carbocycles. The van der Waals surface area contributed by atoms with Crippen molar-refractivity contribution >= 4 is 34.6 Å². The highest BCUT2D eigenvalue weighted by molar-refractivity contribution is 7.80. The van der Waals surface area contributed by atoms with Crippen molar-refractivity contribution in [2.24, 2.45) is 0 Å². The summed E-state index contributed by atoms with van der Waals surface area (Å²) in [4.78, 5) is 4.46. The number of nitrogens with one attached hydrogen (secondary N) is 1. The summed E-state index contributed by atoms with van der Waals surface area (Å²) >= 11 is 11.7. The molecule has 2 aromatic rings. The van der Waals surface area contributed by atoms with Gasteiger partial charge in [0, 0.05) is 30.3 Å². The van der Waals surface area contributed by atoms with Crippen LogP contribution in [0.4, 0.5) is 10.1 Å². The van der Waals surface area contributed by atoms with Gasteiger partial charge in [-0.15, -0.1) is 0 Å². The molecule has 1 aliphatic heterocycles. The minimum Gasteiger partial charge on any atom is -0.336 e. The lowest BCUT2D eigenvalue weighted by Gasteiger charge is -2.37. The van der Waals surface area contributed by atoms with Gasteiger partial charge in [0.05, 0.1) is 6.67 Å². The summed E-state index contributed by atoms with van der Waals surface area (Å²) in [7, 11) is 0. The number of thiocarbonyl (C=S) groups is 1. The number of hydrogen-bond acceptors (Lipinski definition) is 2. The summed E-state index contributed by atoms with van der Waals surface area (Å²) in [5, 5.41) is 4.69. The maximum atomic E-state index is 13.0. The van der Waals surface area contributed by atoms with Crippen LogP contribution in [0.5, 0.6) is 0 Å². The first-order chi connectivity index (χ1) is 12.0. The van der Waals surface area contributed by atoms with Crippen LogP contribution in [-0.2, 0) is 6.54 Å². The average molecular weight is 378 g/mol. The van der Waals surface area contributed by atoms with Crippen LogP contribution in [0.2, 0.25) is 5.02 Å². The number of hydrogen-bond donors (Lipinski definition) is 1. The van der Waals surface area contributed by atoms with Crippen LogP contribution in [-0.4, -0.2) is 34.7 Å². The molecule has 3 rings (SSSR count). The minimum absolute atomic E-state index is 0.203. The van der Waals surface area contributed by atoms with Crippen LogP contribution in [0.15, 0.2) is 42.5 Å². The molecule has 1 fully saturated rings. The van der Waals surface area contributed by atoms with Gasteiger partial charge >= 0.3 is 0 Å². The summed E-state index contributed by atoms with van der Waals surface area (Å²) in [6.45, 7) is 5.44. The fourth-order valence-corrected chi connectivity index (χ4v) is 3.33. The Balaban J connectivity index is 1.59. The normalized spacial score (nSPS) is 15.2. The van der Waals surface area contributed by atoms with E-state index >= 15 is 0 Å². The first-order valence-corrected chi connectivity index (χ1v) is 9.09. The molecule has 1 heterocycles. The molecule has 0 saturated carbocycles. The molecule has 0 bridgehead atoms. The van der Waals surface area contributed by atoms with E-state index in [9.17, 15) is 4.39 Å². The van der Waals surface area contributed by atoms with Crippen LogP contribution >= 0.6 is 23.8 Å². The highest BCUT2D eigenvalue weighted by atomic mass is 35.5. The first kappa shape index (κ1) is 18.1. The quantitative estimate of drug-likeness (QED) is 0.784. The van der Waals surface area contributed by atoms with E-state index in [1.165, 1.54) is 12.1 Å². The van der Waals surface area contributed by atoms with Crippen molar-refractivity contribution in [2.45, 2.75) is 19.9 Å². The Morgan fingerprint density at radius 1 is 1.20 bits per heavy atom. The van der Waals surface area contributed by atoms with Crippen molar-refractivity contribution in [1.29, 1.82) is 0 Å². The molecule has 132 valence electrons. The number of nitrogens with zero attached hydrogens (tertiary/aromatic N) is 2. The predicted molar refractivity (Wildman–Crippen MR) is 105 cm³/mol. The summed E-state index contributed by atoms with van der Waals surface area (Å²) in [5.41, 5.74) is 3.05. The third-order valence-corrected chi connectivity index (χ3v) is 5.07. The van der Waals surface area contributed by atoms with Crippen molar-refractivity contribution in [3.8, 4) is 0 Å². The van der Waals surface area contributed by atoms with Crippen LogP contribution in [0.1, 0.15) is 17.5 Å². The smallest absolute Gasteiger partial charge is 0.174 e. The summed E-state index contributed by atoms with van der Waals surface area (Å²) in [6, 6.07) is 12.5. The van der Waals surface area contributed by atoms with Gasteiger partial charge in [0.25, 0.3) is 0 Å². The van der Waals surface area contributed by atoms with Gasteiger partial charge in [-0.25, -0.2) is 4.39 Å². The second kappa shape index (κ2) is 8.13. The van der Waals surface area contributed by atoms with Gasteiger partial charge in [0.15, 0.2) is 5.11 Å². The van der Waals surface area contributed by atoms with E-state index in [4.69, 9.17) is 23.8 Å². The van der Waals surface area contributed by atoms with Gasteiger partial charge in [0.2, 0.25) is 0 Å². The topological polar surface area (TPSA) is 18.5 Å². The zero-order valence-corrected chi connectivity index (χ0v) is 15.7. The molecule has 0 spiro atoms. The molecule has 0 radical (unpaired) electrons. The Bertz CT molecular complexity index is 751. The largest absolute Gasteiger partial charge is 0.336 e. The summed E-state index contributed by atoms with van der Waals surface area (Å²) in [6.07, 6.45) is 1.04. The number of aryl methyl sites for hydroxylation is 1. The molecule has 0 aromatic heterocycles. The maximum Gasteiger partial charge on any atom is 0.174 e. The molecule has 0 aliphatic carbocycles. The second-order valence-electron chi connectivity index (χ2n) is 6.33. The SMILES string of the molecule is Cc1ccc(NC(=S)N2CCCN(Cc3ccc(F)cc3)C2)cc1Cl. The fraction of sp³-hybridized carbons (Fsp3) is 0.316. The molecule has 0 unspecified atom stereocenters. The van der Waals surface area contributed by atoms with E-state index < -0.39 is 0 Å². The molecular weight excluding hydrogens is 357 g/mol. The van der Waals surface area contributed by atoms with Crippen molar-refractivity contribution in [2.75, 3.05) is 25.1 Å². The second-order valence-corrected chi connectivity index (χ2v) is 7.13. The van der Waals surface area contributed by atoms with Gasteiger partial charge in [-0.2, -0.15) is 0 Å². The Morgan fingerprint density at radius 3 is 2.68 bits per heavy atom. The van der Waals surface area contributed by atoms with Gasteiger partial charge in [-0.05, 0) is 61.0 Å². The molecule has 3 nitrogen and oxygen atoms in total. The zero-order valence-electron chi connectivity index (χ0n) is 14.1. The van der Waals surface area contributed by atoms with E-state index in [1.807, 2.05) is 37.3 Å². The highest BCUT2D eigenvalue weighted by Crippen LogP contribution is 2.21. The van der Waals surface area contributed by atoms with Crippen molar-refractivity contribution < 1.29 is 4.39 Å². The van der Waals surface area contributed by atoms with Gasteiger partial charge < -0.3 is 10.2 Å². The van der Waals surface area contributed by atoms with Gasteiger partial charge in [-0.1, -0.05) is 29.8 Å². The van der Waals surface area contributed by atoms with E-state index in [0.717, 1.165) is 54.6 Å². The lowest BCUT2D eigenvalue weighted by atomic mass is 10.2. The maximum absolute atomic E-state index is 13.0. The molecule has 1 aliphatic rings. The Morgan fingerprint density at radius 2 is 1.96 bits per heavy atom. The predicted octanol–water partition coefficient (Wildman–Crippen LogP) is 4.65. The number of benzene rings is 2. The monoisotopic (exact) mass is 377 g/mol. The first-order valence-electron chi connectivity index (χ1n) is 8.30. The minimum atomic E-state index is -0.203. The van der Waals surface area contributed by atoms with Crippen molar-refractivity contribution in [1.82, 2.24) is 9.80 Å². The van der Waals surface area contributed by atoms with Crippen molar-refractivity contribution in [3.05, 3.63) is 64.4 Å². The number of halogens is 2. The molecule has 0 amide bonds. The standard InChI is InChI=1S/C19H21ClFN3S/c1-14-3-8-17(11-18(14)20)22-19(25)24-10-2-9-23(13-24)12-15-4-6-16(21)7-5-15/h3-8,11H,2,9-10,12-13H2,1H3,(H,22,25). The Labute approximate surface area is 158 Å². The fourth-order valence-electron chi connectivity index (χ4n) is 2.88. The van der Waals surface area contributed by atoms with Crippen LogP contribution in [0.3, 0.4) is 0 Å². The molecular formula is C19H21ClFN3S. The average Bonchev–Trinajstić information content (AvgIpc) is 2.60. The van der Waals surface area contributed by atoms with Crippen LogP contribution < -0.4 is 5.32 Å². The van der Waals surface area contributed by atoms with Gasteiger partial charge in [0.1, 0.15) is 5.82 Å². The van der Waals surface area contributed by atoms with E-state index in [1.54, 1.807) is 0 Å². The summed E-state index contributed by atoms with van der Waals surface area (Å²) < 4.78 is 13.0. The van der Waals surface area contributed by atoms with Gasteiger partial charge in [-0.3, -0.25) is 4.90 Å². The lowest BCUT2D eigenvalue weighted by molar-refractivity contribution is 0.134. The number of anilines is 1. The third kappa shape index (κ3) is 4.91. The lowest BCUT2D eigenvalue weighted by Crippen LogP contribution is -2.48. The van der Waals surface area contributed by atoms with E-state index in [-0.39, 0.29) is 5.82 Å². The third-order valence-electron chi connectivity index (χ3n) is 4.30. The molecule has 6 heteroatoms. The molecule has 0 atom stereocenters. The zero-order chi connectivity index (χ0) is 17.8. The summed E-state index contributed by atoms with van der Waals surface area (Å²) in [5.74, 6) is -0.203. The molecule has 1 N–H and O–H groups in total. The highest BCUT2D eigenvalue weighted by Gasteiger charge is 2.19. The molecule has 1 saturated heterocycles. The Hall–Kier alpha value is -1.69. The van der Waals surface area contributed by atoms with E-state index in [2.05, 4.69) is 15.1 Å².